The molecule has 1 amide bonds. The van der Waals surface area contributed by atoms with E-state index < -0.39 is 0 Å². The van der Waals surface area contributed by atoms with E-state index in [1.54, 1.807) is 0 Å². The van der Waals surface area contributed by atoms with Crippen LogP contribution < -0.4 is 11.1 Å². The van der Waals surface area contributed by atoms with Crippen molar-refractivity contribution in [3.63, 3.8) is 0 Å². The molecule has 1 fully saturated rings. The van der Waals surface area contributed by atoms with Crippen molar-refractivity contribution in [1.82, 2.24) is 0 Å². The Balaban J connectivity index is 0.00000200. The number of anilines is 1. The number of hydrogen-bond acceptors (Lipinski definition) is 2. The molecule has 0 spiro atoms. The molecule has 3 N–H and O–H groups in total. The van der Waals surface area contributed by atoms with Gasteiger partial charge in [0.15, 0.2) is 0 Å². The normalized spacial score (nSPS) is 25.7. The minimum atomic E-state index is -0.375. The summed E-state index contributed by atoms with van der Waals surface area (Å²) in [7, 11) is 0. The summed E-state index contributed by atoms with van der Waals surface area (Å²) in [5.41, 5.74) is 9.14. The molecule has 4 heteroatoms. The predicted molar refractivity (Wildman–Crippen MR) is 86.3 cm³/mol. The van der Waals surface area contributed by atoms with E-state index in [9.17, 15) is 4.79 Å². The summed E-state index contributed by atoms with van der Waals surface area (Å²) in [4.78, 5) is 12.5. The number of rotatable bonds is 2. The maximum atomic E-state index is 12.5. The van der Waals surface area contributed by atoms with Gasteiger partial charge in [0.2, 0.25) is 5.91 Å². The van der Waals surface area contributed by atoms with Gasteiger partial charge in [-0.05, 0) is 50.8 Å². The van der Waals surface area contributed by atoms with Crippen LogP contribution in [0.2, 0.25) is 0 Å². The highest BCUT2D eigenvalue weighted by atomic mass is 35.5. The Bertz CT molecular complexity index is 485. The molecule has 1 aliphatic carbocycles. The number of aryl methyl sites for hydroxylation is 1. The van der Waals surface area contributed by atoms with Crippen LogP contribution in [0.15, 0.2) is 18.2 Å². The Kier molecular flexibility index (Phi) is 5.60. The maximum Gasteiger partial charge on any atom is 0.229 e. The number of nitrogens with two attached hydrogens (primary N) is 1. The Morgan fingerprint density at radius 1 is 1.35 bits per heavy atom. The molecule has 2 rings (SSSR count). The van der Waals surface area contributed by atoms with Crippen LogP contribution in [0, 0.1) is 19.8 Å². The number of nitrogens with one attached hydrogen (secondary N) is 1. The molecule has 3 nitrogen and oxygen atoms in total. The lowest BCUT2D eigenvalue weighted by molar-refractivity contribution is -0.122. The molecule has 0 bridgehead atoms. The minimum Gasteiger partial charge on any atom is -0.326 e. The smallest absolute Gasteiger partial charge is 0.229 e. The van der Waals surface area contributed by atoms with E-state index >= 15 is 0 Å². The van der Waals surface area contributed by atoms with Gasteiger partial charge in [-0.2, -0.15) is 0 Å². The highest BCUT2D eigenvalue weighted by Gasteiger charge is 2.37. The third kappa shape index (κ3) is 3.53. The maximum absolute atomic E-state index is 12.5. The summed E-state index contributed by atoms with van der Waals surface area (Å²) in [6.45, 7) is 6.09. The monoisotopic (exact) mass is 296 g/mol. The molecule has 0 radical (unpaired) electrons. The van der Waals surface area contributed by atoms with Crippen molar-refractivity contribution < 1.29 is 4.79 Å². The molecule has 1 aromatic carbocycles. The van der Waals surface area contributed by atoms with E-state index in [1.165, 1.54) is 5.56 Å². The van der Waals surface area contributed by atoms with Gasteiger partial charge in [-0.3, -0.25) is 4.79 Å². The van der Waals surface area contributed by atoms with Gasteiger partial charge >= 0.3 is 0 Å². The molecule has 112 valence electrons. The molecule has 2 atom stereocenters. The van der Waals surface area contributed by atoms with Crippen molar-refractivity contribution in [2.75, 3.05) is 5.32 Å². The van der Waals surface area contributed by atoms with E-state index in [0.717, 1.165) is 36.9 Å². The fourth-order valence-corrected chi connectivity index (χ4v) is 2.90. The fourth-order valence-electron chi connectivity index (χ4n) is 2.90. The SMILES string of the molecule is Cc1cccc(NC(=O)C2CCCCC2(C)N)c1C.Cl. The van der Waals surface area contributed by atoms with Gasteiger partial charge in [0.05, 0.1) is 5.92 Å². The van der Waals surface area contributed by atoms with Crippen molar-refractivity contribution in [2.45, 2.75) is 52.0 Å². The summed E-state index contributed by atoms with van der Waals surface area (Å²) in [6, 6.07) is 5.98. The summed E-state index contributed by atoms with van der Waals surface area (Å²) < 4.78 is 0. The van der Waals surface area contributed by atoms with Crippen molar-refractivity contribution >= 4 is 24.0 Å². The van der Waals surface area contributed by atoms with Crippen LogP contribution in [0.4, 0.5) is 5.69 Å². The van der Waals surface area contributed by atoms with Gasteiger partial charge in [0.25, 0.3) is 0 Å². The molecule has 20 heavy (non-hydrogen) atoms. The molecule has 1 saturated carbocycles. The number of carbonyl (C=O) groups is 1. The quantitative estimate of drug-likeness (QED) is 0.876. The molecule has 0 aromatic heterocycles. The standard InChI is InChI=1S/C16H24N2O.ClH/c1-11-7-6-9-14(12(11)2)18-15(19)13-8-4-5-10-16(13,3)17;/h6-7,9,13H,4-5,8,10,17H2,1-3H3,(H,18,19);1H. The van der Waals surface area contributed by atoms with Crippen molar-refractivity contribution in [3.05, 3.63) is 29.3 Å². The topological polar surface area (TPSA) is 55.1 Å². The van der Waals surface area contributed by atoms with Crippen molar-refractivity contribution in [3.8, 4) is 0 Å². The molecule has 2 unspecified atom stereocenters. The molecule has 0 heterocycles. The summed E-state index contributed by atoms with van der Waals surface area (Å²) in [5.74, 6) is -0.0143. The summed E-state index contributed by atoms with van der Waals surface area (Å²) in [6.07, 6.45) is 4.04. The molecular weight excluding hydrogens is 272 g/mol. The highest BCUT2D eigenvalue weighted by Crippen LogP contribution is 2.32. The van der Waals surface area contributed by atoms with Crippen LogP contribution in [0.1, 0.15) is 43.7 Å². The first-order valence-electron chi connectivity index (χ1n) is 7.08. The third-order valence-electron chi connectivity index (χ3n) is 4.43. The van der Waals surface area contributed by atoms with E-state index in [1.807, 2.05) is 26.0 Å². The van der Waals surface area contributed by atoms with Crippen molar-refractivity contribution in [2.24, 2.45) is 11.7 Å². The largest absolute Gasteiger partial charge is 0.326 e. The Morgan fingerprint density at radius 3 is 2.70 bits per heavy atom. The Hall–Kier alpha value is -1.06. The Labute approximate surface area is 127 Å². The second kappa shape index (κ2) is 6.59. The minimum absolute atomic E-state index is 0. The van der Waals surface area contributed by atoms with Crippen LogP contribution >= 0.6 is 12.4 Å². The van der Waals surface area contributed by atoms with Gasteiger partial charge in [-0.1, -0.05) is 25.0 Å². The molecular formula is C16H25ClN2O. The van der Waals surface area contributed by atoms with Gasteiger partial charge in [0, 0.05) is 11.2 Å². The van der Waals surface area contributed by atoms with Crippen LogP contribution in [0.3, 0.4) is 0 Å². The zero-order chi connectivity index (χ0) is 14.0. The highest BCUT2D eigenvalue weighted by molar-refractivity contribution is 5.94. The Morgan fingerprint density at radius 2 is 2.05 bits per heavy atom. The number of halogens is 1. The second-order valence-corrected chi connectivity index (χ2v) is 6.04. The predicted octanol–water partition coefficient (Wildman–Crippen LogP) is 3.57. The lowest BCUT2D eigenvalue weighted by Crippen LogP contribution is -2.51. The zero-order valence-corrected chi connectivity index (χ0v) is 13.3. The lowest BCUT2D eigenvalue weighted by Gasteiger charge is -2.37. The average Bonchev–Trinajstić information content (AvgIpc) is 2.34. The van der Waals surface area contributed by atoms with Crippen LogP contribution in [0.25, 0.3) is 0 Å². The first-order valence-corrected chi connectivity index (χ1v) is 7.08. The average molecular weight is 297 g/mol. The lowest BCUT2D eigenvalue weighted by atomic mass is 9.74. The van der Waals surface area contributed by atoms with Crippen LogP contribution in [0.5, 0.6) is 0 Å². The second-order valence-electron chi connectivity index (χ2n) is 6.04. The number of hydrogen-bond donors (Lipinski definition) is 2. The summed E-state index contributed by atoms with van der Waals surface area (Å²) >= 11 is 0. The van der Waals surface area contributed by atoms with E-state index in [4.69, 9.17) is 5.73 Å². The first-order chi connectivity index (χ1) is 8.92. The van der Waals surface area contributed by atoms with Gasteiger partial charge in [-0.25, -0.2) is 0 Å². The summed E-state index contributed by atoms with van der Waals surface area (Å²) in [5, 5.41) is 3.06. The van der Waals surface area contributed by atoms with E-state index in [0.29, 0.717) is 0 Å². The number of amides is 1. The molecule has 0 saturated heterocycles. The molecule has 1 aliphatic rings. The van der Waals surface area contributed by atoms with Crippen molar-refractivity contribution in [1.29, 1.82) is 0 Å². The first kappa shape index (κ1) is 17.0. The van der Waals surface area contributed by atoms with Crippen LogP contribution in [-0.2, 0) is 4.79 Å². The van der Waals surface area contributed by atoms with Crippen LogP contribution in [-0.4, -0.2) is 11.4 Å². The van der Waals surface area contributed by atoms with E-state index in [-0.39, 0.29) is 29.8 Å². The van der Waals surface area contributed by atoms with Gasteiger partial charge in [-0.15, -0.1) is 12.4 Å². The molecule has 0 aliphatic heterocycles. The van der Waals surface area contributed by atoms with E-state index in [2.05, 4.69) is 18.3 Å². The molecule has 1 aromatic rings. The van der Waals surface area contributed by atoms with Gasteiger partial charge < -0.3 is 11.1 Å². The number of carbonyl (C=O) groups excluding carboxylic acids is 1. The van der Waals surface area contributed by atoms with Gasteiger partial charge in [0.1, 0.15) is 0 Å². The third-order valence-corrected chi connectivity index (χ3v) is 4.43. The number of benzene rings is 1. The fraction of sp³-hybridized carbons (Fsp3) is 0.562. The zero-order valence-electron chi connectivity index (χ0n) is 12.5.